The molecule has 0 radical (unpaired) electrons. The quantitative estimate of drug-likeness (QED) is 0.798. The summed E-state index contributed by atoms with van der Waals surface area (Å²) in [5.74, 6) is -0.916. The van der Waals surface area contributed by atoms with Gasteiger partial charge in [-0.1, -0.05) is 31.4 Å². The van der Waals surface area contributed by atoms with Crippen LogP contribution in [0.2, 0.25) is 0 Å². The molecule has 0 atom stereocenters. The number of carboxylic acid groups (broad SMARTS) is 1. The van der Waals surface area contributed by atoms with Gasteiger partial charge in [-0.3, -0.25) is 0 Å². The van der Waals surface area contributed by atoms with Crippen molar-refractivity contribution in [1.29, 1.82) is 0 Å². The number of nitrogens with one attached hydrogen (secondary N) is 1. The van der Waals surface area contributed by atoms with Crippen LogP contribution in [-0.4, -0.2) is 17.1 Å². The molecule has 0 heterocycles. The minimum absolute atomic E-state index is 0.567. The first kappa shape index (κ1) is 12.7. The van der Waals surface area contributed by atoms with E-state index < -0.39 is 5.97 Å². The molecule has 0 amide bonds. The van der Waals surface area contributed by atoms with Gasteiger partial charge < -0.3 is 10.4 Å². The van der Waals surface area contributed by atoms with Crippen LogP contribution < -0.4 is 5.32 Å². The lowest BCUT2D eigenvalue weighted by atomic mass is 9.95. The lowest BCUT2D eigenvalue weighted by Crippen LogP contribution is -2.22. The maximum atomic E-state index is 10.5. The first-order valence-electron chi connectivity index (χ1n) is 6.51. The molecule has 0 spiro atoms. The summed E-state index contributed by atoms with van der Waals surface area (Å²) in [6.45, 7) is 0. The van der Waals surface area contributed by atoms with E-state index in [2.05, 4.69) is 5.32 Å². The van der Waals surface area contributed by atoms with Crippen molar-refractivity contribution >= 4 is 17.7 Å². The molecule has 3 nitrogen and oxygen atoms in total. The van der Waals surface area contributed by atoms with E-state index in [0.29, 0.717) is 6.04 Å². The smallest absolute Gasteiger partial charge is 0.328 e. The molecule has 0 aromatic heterocycles. The molecule has 1 fully saturated rings. The first-order valence-corrected chi connectivity index (χ1v) is 6.51. The van der Waals surface area contributed by atoms with Crippen LogP contribution >= 0.6 is 0 Å². The number of hydrogen-bond donors (Lipinski definition) is 2. The zero-order chi connectivity index (χ0) is 12.8. The lowest BCUT2D eigenvalue weighted by molar-refractivity contribution is -0.131. The normalized spacial score (nSPS) is 16.9. The number of benzene rings is 1. The van der Waals surface area contributed by atoms with Gasteiger partial charge in [0.15, 0.2) is 0 Å². The fourth-order valence-corrected chi connectivity index (χ4v) is 2.38. The standard InChI is InChI=1S/C15H19NO2/c17-15(18)10-9-12-5-4-8-14(11-12)16-13-6-2-1-3-7-13/h4-5,8-11,13,16H,1-3,6-7H2,(H,17,18)/b10-9+. The molecule has 96 valence electrons. The van der Waals surface area contributed by atoms with Crippen LogP contribution in [0.4, 0.5) is 5.69 Å². The van der Waals surface area contributed by atoms with Crippen molar-refractivity contribution in [3.8, 4) is 0 Å². The maximum absolute atomic E-state index is 10.5. The van der Waals surface area contributed by atoms with Crippen LogP contribution in [-0.2, 0) is 4.79 Å². The molecule has 18 heavy (non-hydrogen) atoms. The molecular weight excluding hydrogens is 226 g/mol. The monoisotopic (exact) mass is 245 g/mol. The average Bonchev–Trinajstić information content (AvgIpc) is 2.38. The van der Waals surface area contributed by atoms with E-state index in [1.54, 1.807) is 6.08 Å². The van der Waals surface area contributed by atoms with E-state index in [4.69, 9.17) is 5.11 Å². The van der Waals surface area contributed by atoms with Crippen molar-refractivity contribution in [1.82, 2.24) is 0 Å². The predicted molar refractivity (Wildman–Crippen MR) is 73.6 cm³/mol. The summed E-state index contributed by atoms with van der Waals surface area (Å²) in [6, 6.07) is 8.45. The highest BCUT2D eigenvalue weighted by molar-refractivity contribution is 5.85. The molecule has 1 aromatic rings. The van der Waals surface area contributed by atoms with Crippen molar-refractivity contribution in [2.75, 3.05) is 5.32 Å². The highest BCUT2D eigenvalue weighted by atomic mass is 16.4. The Balaban J connectivity index is 2.00. The van der Waals surface area contributed by atoms with Crippen LogP contribution in [0.3, 0.4) is 0 Å². The zero-order valence-electron chi connectivity index (χ0n) is 10.4. The SMILES string of the molecule is O=C(O)/C=C/c1cccc(NC2CCCCC2)c1. The van der Waals surface area contributed by atoms with Crippen LogP contribution in [0.5, 0.6) is 0 Å². The second kappa shape index (κ2) is 6.24. The van der Waals surface area contributed by atoms with Gasteiger partial charge in [-0.15, -0.1) is 0 Å². The Bertz CT molecular complexity index is 434. The Hall–Kier alpha value is -1.77. The van der Waals surface area contributed by atoms with Crippen molar-refractivity contribution in [2.45, 2.75) is 38.1 Å². The van der Waals surface area contributed by atoms with Gasteiger partial charge in [0, 0.05) is 17.8 Å². The third-order valence-corrected chi connectivity index (χ3v) is 3.28. The Labute approximate surface area is 108 Å². The van der Waals surface area contributed by atoms with Gasteiger partial charge in [0.1, 0.15) is 0 Å². The van der Waals surface area contributed by atoms with E-state index >= 15 is 0 Å². The van der Waals surface area contributed by atoms with E-state index in [9.17, 15) is 4.79 Å². The minimum atomic E-state index is -0.916. The Morgan fingerprint density at radius 3 is 2.78 bits per heavy atom. The number of anilines is 1. The number of carbonyl (C=O) groups is 1. The maximum Gasteiger partial charge on any atom is 0.328 e. The second-order valence-corrected chi connectivity index (χ2v) is 4.78. The van der Waals surface area contributed by atoms with E-state index in [0.717, 1.165) is 11.3 Å². The highest BCUT2D eigenvalue weighted by Crippen LogP contribution is 2.22. The molecule has 2 rings (SSSR count). The third kappa shape index (κ3) is 3.91. The fourth-order valence-electron chi connectivity index (χ4n) is 2.38. The van der Waals surface area contributed by atoms with Gasteiger partial charge in [-0.25, -0.2) is 4.79 Å². The van der Waals surface area contributed by atoms with Crippen LogP contribution in [0.1, 0.15) is 37.7 Å². The van der Waals surface area contributed by atoms with Gasteiger partial charge in [-0.05, 0) is 36.6 Å². The lowest BCUT2D eigenvalue weighted by Gasteiger charge is -2.24. The molecule has 1 aliphatic rings. The highest BCUT2D eigenvalue weighted by Gasteiger charge is 2.12. The second-order valence-electron chi connectivity index (χ2n) is 4.78. The zero-order valence-corrected chi connectivity index (χ0v) is 10.4. The summed E-state index contributed by atoms with van der Waals surface area (Å²) in [7, 11) is 0. The fraction of sp³-hybridized carbons (Fsp3) is 0.400. The molecule has 3 heteroatoms. The first-order chi connectivity index (χ1) is 8.74. The largest absolute Gasteiger partial charge is 0.478 e. The summed E-state index contributed by atoms with van der Waals surface area (Å²) >= 11 is 0. The number of rotatable bonds is 4. The number of aliphatic carboxylic acids is 1. The van der Waals surface area contributed by atoms with E-state index in [1.807, 2.05) is 24.3 Å². The molecule has 1 saturated carbocycles. The summed E-state index contributed by atoms with van der Waals surface area (Å²) in [4.78, 5) is 10.5. The van der Waals surface area contributed by atoms with Crippen molar-refractivity contribution < 1.29 is 9.90 Å². The molecular formula is C15H19NO2. The topological polar surface area (TPSA) is 49.3 Å². The van der Waals surface area contributed by atoms with Gasteiger partial charge in [-0.2, -0.15) is 0 Å². The van der Waals surface area contributed by atoms with Gasteiger partial charge in [0.2, 0.25) is 0 Å². The predicted octanol–water partition coefficient (Wildman–Crippen LogP) is 3.53. The summed E-state index contributed by atoms with van der Waals surface area (Å²) in [5.41, 5.74) is 1.99. The average molecular weight is 245 g/mol. The van der Waals surface area contributed by atoms with E-state index in [1.165, 1.54) is 38.2 Å². The third-order valence-electron chi connectivity index (χ3n) is 3.28. The van der Waals surface area contributed by atoms with Crippen molar-refractivity contribution in [3.63, 3.8) is 0 Å². The molecule has 2 N–H and O–H groups in total. The Morgan fingerprint density at radius 1 is 1.28 bits per heavy atom. The van der Waals surface area contributed by atoms with E-state index in [-0.39, 0.29) is 0 Å². The molecule has 0 saturated heterocycles. The molecule has 1 aliphatic carbocycles. The van der Waals surface area contributed by atoms with Gasteiger partial charge in [0.05, 0.1) is 0 Å². The Kier molecular flexibility index (Phi) is 4.40. The molecule has 0 aliphatic heterocycles. The minimum Gasteiger partial charge on any atom is -0.478 e. The molecule has 0 unspecified atom stereocenters. The number of hydrogen-bond acceptors (Lipinski definition) is 2. The molecule has 1 aromatic carbocycles. The van der Waals surface area contributed by atoms with Crippen molar-refractivity contribution in [2.24, 2.45) is 0 Å². The van der Waals surface area contributed by atoms with Crippen molar-refractivity contribution in [3.05, 3.63) is 35.9 Å². The van der Waals surface area contributed by atoms with Crippen LogP contribution in [0.15, 0.2) is 30.3 Å². The van der Waals surface area contributed by atoms with Gasteiger partial charge >= 0.3 is 5.97 Å². The number of carboxylic acids is 1. The summed E-state index contributed by atoms with van der Waals surface area (Å²) in [6.07, 6.45) is 9.20. The van der Waals surface area contributed by atoms with Gasteiger partial charge in [0.25, 0.3) is 0 Å². The van der Waals surface area contributed by atoms with Crippen LogP contribution in [0, 0.1) is 0 Å². The Morgan fingerprint density at radius 2 is 2.06 bits per heavy atom. The molecule has 0 bridgehead atoms. The summed E-state index contributed by atoms with van der Waals surface area (Å²) < 4.78 is 0. The van der Waals surface area contributed by atoms with Crippen LogP contribution in [0.25, 0.3) is 6.08 Å². The summed E-state index contributed by atoms with van der Waals surface area (Å²) in [5, 5.41) is 12.1.